The van der Waals surface area contributed by atoms with Crippen molar-refractivity contribution in [2.24, 2.45) is 4.99 Å². The van der Waals surface area contributed by atoms with Crippen LogP contribution in [0.5, 0.6) is 0 Å². The van der Waals surface area contributed by atoms with Gasteiger partial charge in [0.2, 0.25) is 0 Å². The van der Waals surface area contributed by atoms with E-state index in [1.807, 2.05) is 13.1 Å². The van der Waals surface area contributed by atoms with Crippen LogP contribution in [0.1, 0.15) is 10.4 Å². The SMILES string of the molecule is CN=C(NCc1cccs1)N(C)Cc1ccccc1. The third-order valence-electron chi connectivity index (χ3n) is 2.84. The summed E-state index contributed by atoms with van der Waals surface area (Å²) in [6, 6.07) is 14.6. The molecule has 2 rings (SSSR count). The van der Waals surface area contributed by atoms with Crippen LogP contribution in [0.2, 0.25) is 0 Å². The van der Waals surface area contributed by atoms with Crippen molar-refractivity contribution in [3.8, 4) is 0 Å². The summed E-state index contributed by atoms with van der Waals surface area (Å²) in [5.41, 5.74) is 1.28. The third-order valence-corrected chi connectivity index (χ3v) is 3.71. The van der Waals surface area contributed by atoms with Gasteiger partial charge in [-0.25, -0.2) is 0 Å². The normalized spacial score (nSPS) is 11.4. The van der Waals surface area contributed by atoms with E-state index in [0.29, 0.717) is 0 Å². The molecule has 0 atom stereocenters. The Labute approximate surface area is 118 Å². The van der Waals surface area contributed by atoms with E-state index in [4.69, 9.17) is 0 Å². The van der Waals surface area contributed by atoms with Crippen LogP contribution in [-0.4, -0.2) is 25.0 Å². The molecule has 1 heterocycles. The van der Waals surface area contributed by atoms with Crippen molar-refractivity contribution in [2.75, 3.05) is 14.1 Å². The van der Waals surface area contributed by atoms with Crippen molar-refractivity contribution in [1.82, 2.24) is 10.2 Å². The average Bonchev–Trinajstić information content (AvgIpc) is 2.94. The first-order valence-electron chi connectivity index (χ1n) is 6.27. The van der Waals surface area contributed by atoms with Crippen LogP contribution in [0.15, 0.2) is 52.8 Å². The fourth-order valence-corrected chi connectivity index (χ4v) is 2.54. The smallest absolute Gasteiger partial charge is 0.193 e. The number of guanidine groups is 1. The van der Waals surface area contributed by atoms with Crippen LogP contribution in [-0.2, 0) is 13.1 Å². The fraction of sp³-hybridized carbons (Fsp3) is 0.267. The number of aliphatic imine (C=N–C) groups is 1. The number of rotatable bonds is 4. The highest BCUT2D eigenvalue weighted by molar-refractivity contribution is 7.09. The predicted molar refractivity (Wildman–Crippen MR) is 82.4 cm³/mol. The van der Waals surface area contributed by atoms with Gasteiger partial charge >= 0.3 is 0 Å². The van der Waals surface area contributed by atoms with Crippen molar-refractivity contribution in [3.63, 3.8) is 0 Å². The van der Waals surface area contributed by atoms with Crippen LogP contribution in [0.25, 0.3) is 0 Å². The molecule has 3 nitrogen and oxygen atoms in total. The molecule has 0 spiro atoms. The molecule has 0 saturated carbocycles. The molecule has 0 amide bonds. The van der Waals surface area contributed by atoms with Gasteiger partial charge in [0.25, 0.3) is 0 Å². The maximum absolute atomic E-state index is 4.32. The largest absolute Gasteiger partial charge is 0.351 e. The van der Waals surface area contributed by atoms with Gasteiger partial charge < -0.3 is 10.2 Å². The molecule has 2 aromatic rings. The molecule has 0 saturated heterocycles. The molecule has 0 bridgehead atoms. The zero-order valence-electron chi connectivity index (χ0n) is 11.3. The average molecular weight is 273 g/mol. The molecule has 1 aromatic carbocycles. The van der Waals surface area contributed by atoms with E-state index in [9.17, 15) is 0 Å². The lowest BCUT2D eigenvalue weighted by Gasteiger charge is -2.22. The molecule has 0 aliphatic rings. The Balaban J connectivity index is 1.90. The Hall–Kier alpha value is -1.81. The number of thiophene rings is 1. The van der Waals surface area contributed by atoms with Crippen LogP contribution >= 0.6 is 11.3 Å². The molecule has 0 fully saturated rings. The Morgan fingerprint density at radius 1 is 1.21 bits per heavy atom. The monoisotopic (exact) mass is 273 g/mol. The molecule has 0 radical (unpaired) electrons. The maximum Gasteiger partial charge on any atom is 0.193 e. The summed E-state index contributed by atoms with van der Waals surface area (Å²) in [6.07, 6.45) is 0. The van der Waals surface area contributed by atoms with Crippen LogP contribution < -0.4 is 5.32 Å². The summed E-state index contributed by atoms with van der Waals surface area (Å²) in [6.45, 7) is 1.68. The van der Waals surface area contributed by atoms with Crippen molar-refractivity contribution in [1.29, 1.82) is 0 Å². The van der Waals surface area contributed by atoms with E-state index in [1.165, 1.54) is 10.4 Å². The van der Waals surface area contributed by atoms with Crippen molar-refractivity contribution >= 4 is 17.3 Å². The fourth-order valence-electron chi connectivity index (χ4n) is 1.90. The summed E-state index contributed by atoms with van der Waals surface area (Å²) in [7, 11) is 3.87. The minimum Gasteiger partial charge on any atom is -0.351 e. The molecule has 4 heteroatoms. The molecule has 0 unspecified atom stereocenters. The lowest BCUT2D eigenvalue weighted by atomic mass is 10.2. The van der Waals surface area contributed by atoms with Gasteiger partial charge in [0.1, 0.15) is 0 Å². The van der Waals surface area contributed by atoms with Gasteiger partial charge in [-0.1, -0.05) is 36.4 Å². The van der Waals surface area contributed by atoms with Gasteiger partial charge in [0.05, 0.1) is 6.54 Å². The summed E-state index contributed by atoms with van der Waals surface area (Å²) < 4.78 is 0. The number of hydrogen-bond donors (Lipinski definition) is 1. The molecule has 1 aromatic heterocycles. The van der Waals surface area contributed by atoms with Crippen LogP contribution in [0, 0.1) is 0 Å². The van der Waals surface area contributed by atoms with Crippen molar-refractivity contribution in [2.45, 2.75) is 13.1 Å². The summed E-state index contributed by atoms with van der Waals surface area (Å²) in [5, 5.41) is 5.47. The van der Waals surface area contributed by atoms with Crippen molar-refractivity contribution < 1.29 is 0 Å². The van der Waals surface area contributed by atoms with Crippen molar-refractivity contribution in [3.05, 3.63) is 58.3 Å². The molecular formula is C15H19N3S. The van der Waals surface area contributed by atoms with Gasteiger partial charge in [-0.3, -0.25) is 4.99 Å². The van der Waals surface area contributed by atoms with Gasteiger partial charge in [-0.05, 0) is 17.0 Å². The van der Waals surface area contributed by atoms with E-state index < -0.39 is 0 Å². The second-order valence-corrected chi connectivity index (χ2v) is 5.35. The Morgan fingerprint density at radius 2 is 2.00 bits per heavy atom. The third kappa shape index (κ3) is 4.10. The molecule has 0 aliphatic carbocycles. The Morgan fingerprint density at radius 3 is 2.63 bits per heavy atom. The summed E-state index contributed by atoms with van der Waals surface area (Å²) in [4.78, 5) is 7.76. The van der Waals surface area contributed by atoms with E-state index in [2.05, 4.69) is 64.0 Å². The summed E-state index contributed by atoms with van der Waals surface area (Å²) >= 11 is 1.76. The second kappa shape index (κ2) is 6.95. The lowest BCUT2D eigenvalue weighted by Crippen LogP contribution is -2.37. The first kappa shape index (κ1) is 13.6. The zero-order valence-corrected chi connectivity index (χ0v) is 12.2. The van der Waals surface area contributed by atoms with Gasteiger partial charge in [0, 0.05) is 25.5 Å². The quantitative estimate of drug-likeness (QED) is 0.685. The molecule has 0 aliphatic heterocycles. The standard InChI is InChI=1S/C15H19N3S/c1-16-15(17-11-14-9-6-10-19-14)18(2)12-13-7-4-3-5-8-13/h3-10H,11-12H2,1-2H3,(H,16,17). The minimum absolute atomic E-state index is 0.823. The highest BCUT2D eigenvalue weighted by Crippen LogP contribution is 2.08. The number of benzene rings is 1. The first-order valence-corrected chi connectivity index (χ1v) is 7.15. The number of nitrogens with one attached hydrogen (secondary N) is 1. The lowest BCUT2D eigenvalue weighted by molar-refractivity contribution is 0.477. The summed E-state index contributed by atoms with van der Waals surface area (Å²) in [5.74, 6) is 0.914. The minimum atomic E-state index is 0.823. The van der Waals surface area contributed by atoms with Gasteiger partial charge in [0.15, 0.2) is 5.96 Å². The van der Waals surface area contributed by atoms with Gasteiger partial charge in [-0.15, -0.1) is 11.3 Å². The highest BCUT2D eigenvalue weighted by atomic mass is 32.1. The number of nitrogens with zero attached hydrogens (tertiary/aromatic N) is 2. The Kier molecular flexibility index (Phi) is 4.98. The first-order chi connectivity index (χ1) is 9.29. The topological polar surface area (TPSA) is 27.6 Å². The second-order valence-electron chi connectivity index (χ2n) is 4.32. The van der Waals surface area contributed by atoms with E-state index in [0.717, 1.165) is 19.0 Å². The van der Waals surface area contributed by atoms with Crippen LogP contribution in [0.3, 0.4) is 0 Å². The maximum atomic E-state index is 4.32. The zero-order chi connectivity index (χ0) is 13.5. The van der Waals surface area contributed by atoms with Gasteiger partial charge in [-0.2, -0.15) is 0 Å². The molecular weight excluding hydrogens is 254 g/mol. The highest BCUT2D eigenvalue weighted by Gasteiger charge is 2.06. The predicted octanol–water partition coefficient (Wildman–Crippen LogP) is 2.96. The van der Waals surface area contributed by atoms with E-state index in [-0.39, 0.29) is 0 Å². The van der Waals surface area contributed by atoms with E-state index in [1.54, 1.807) is 11.3 Å². The molecule has 1 N–H and O–H groups in total. The Bertz CT molecular complexity index is 505. The molecule has 19 heavy (non-hydrogen) atoms. The van der Waals surface area contributed by atoms with Crippen LogP contribution in [0.4, 0.5) is 0 Å². The molecule has 100 valence electrons. The van der Waals surface area contributed by atoms with E-state index >= 15 is 0 Å². The number of hydrogen-bond acceptors (Lipinski definition) is 2.